The lowest BCUT2D eigenvalue weighted by Crippen LogP contribution is -2.53. The summed E-state index contributed by atoms with van der Waals surface area (Å²) in [4.78, 5) is 0. The number of piperidine rings is 1. The number of rotatable bonds is 4. The molecule has 0 aliphatic carbocycles. The summed E-state index contributed by atoms with van der Waals surface area (Å²) in [6, 6.07) is 0.143. The summed E-state index contributed by atoms with van der Waals surface area (Å²) in [5.74, 6) is 0. The van der Waals surface area contributed by atoms with Crippen molar-refractivity contribution < 1.29 is 13.2 Å². The maximum atomic E-state index is 12.6. The maximum absolute atomic E-state index is 12.6. The van der Waals surface area contributed by atoms with Crippen LogP contribution < -0.4 is 5.32 Å². The summed E-state index contributed by atoms with van der Waals surface area (Å²) in [7, 11) is -3.31. The van der Waals surface area contributed by atoms with Gasteiger partial charge in [0.15, 0.2) is 0 Å². The highest BCUT2D eigenvalue weighted by molar-refractivity contribution is 7.86. The van der Waals surface area contributed by atoms with Crippen LogP contribution in [-0.2, 0) is 14.9 Å². The van der Waals surface area contributed by atoms with Crippen LogP contribution in [0.15, 0.2) is 0 Å². The first-order chi connectivity index (χ1) is 8.66. The normalized spacial score (nSPS) is 24.6. The molecule has 0 aromatic rings. The van der Waals surface area contributed by atoms with Gasteiger partial charge in [-0.15, -0.1) is 0 Å². The number of nitrogens with zero attached hydrogens (tertiary/aromatic N) is 2. The molecule has 0 unspecified atom stereocenters. The van der Waals surface area contributed by atoms with Crippen LogP contribution in [0.1, 0.15) is 19.8 Å². The van der Waals surface area contributed by atoms with Crippen LogP contribution in [0.4, 0.5) is 0 Å². The van der Waals surface area contributed by atoms with Crippen LogP contribution in [0.5, 0.6) is 0 Å². The van der Waals surface area contributed by atoms with E-state index in [1.165, 1.54) is 0 Å². The topological polar surface area (TPSA) is 61.9 Å². The molecule has 0 aromatic carbocycles. The average Bonchev–Trinajstić information content (AvgIpc) is 2.41. The van der Waals surface area contributed by atoms with Crippen molar-refractivity contribution in [2.45, 2.75) is 25.8 Å². The van der Waals surface area contributed by atoms with Gasteiger partial charge >= 0.3 is 0 Å². The Kier molecular flexibility index (Phi) is 4.97. The Hall–Kier alpha value is -0.210. The molecule has 2 aliphatic rings. The fourth-order valence-electron chi connectivity index (χ4n) is 2.63. The number of hydrogen-bond donors (Lipinski definition) is 1. The highest BCUT2D eigenvalue weighted by atomic mass is 32.2. The fraction of sp³-hybridized carbons (Fsp3) is 1.00. The summed E-state index contributed by atoms with van der Waals surface area (Å²) in [5, 5.41) is 3.27. The van der Waals surface area contributed by atoms with Crippen LogP contribution in [0.25, 0.3) is 0 Å². The molecular formula is C11H23N3O3S. The van der Waals surface area contributed by atoms with Crippen molar-refractivity contribution in [3.63, 3.8) is 0 Å². The minimum atomic E-state index is -3.31. The van der Waals surface area contributed by atoms with Crippen molar-refractivity contribution in [2.24, 2.45) is 0 Å². The zero-order valence-corrected chi connectivity index (χ0v) is 11.8. The van der Waals surface area contributed by atoms with Gasteiger partial charge in [0.2, 0.25) is 0 Å². The third-order valence-corrected chi connectivity index (χ3v) is 5.79. The number of morpholine rings is 1. The Bertz CT molecular complexity index is 349. The fourth-order valence-corrected chi connectivity index (χ4v) is 4.45. The van der Waals surface area contributed by atoms with Gasteiger partial charge in [-0.25, -0.2) is 0 Å². The van der Waals surface area contributed by atoms with Gasteiger partial charge in [-0.2, -0.15) is 17.0 Å². The van der Waals surface area contributed by atoms with Crippen LogP contribution in [0, 0.1) is 0 Å². The number of hydrogen-bond acceptors (Lipinski definition) is 4. The molecule has 0 amide bonds. The first kappa shape index (κ1) is 14.2. The van der Waals surface area contributed by atoms with Crippen molar-refractivity contribution in [2.75, 3.05) is 45.9 Å². The molecular weight excluding hydrogens is 254 g/mol. The SMILES string of the molecule is CCN(C1CCNCC1)S(=O)(=O)N1CCOCC1. The predicted molar refractivity (Wildman–Crippen MR) is 69.6 cm³/mol. The summed E-state index contributed by atoms with van der Waals surface area (Å²) in [5.41, 5.74) is 0. The van der Waals surface area contributed by atoms with Crippen molar-refractivity contribution in [1.82, 2.24) is 13.9 Å². The van der Waals surface area contributed by atoms with Gasteiger partial charge in [-0.3, -0.25) is 0 Å². The molecule has 106 valence electrons. The van der Waals surface area contributed by atoms with Gasteiger partial charge < -0.3 is 10.1 Å². The second-order valence-corrected chi connectivity index (χ2v) is 6.58. The molecule has 1 N–H and O–H groups in total. The van der Waals surface area contributed by atoms with Crippen LogP contribution >= 0.6 is 0 Å². The largest absolute Gasteiger partial charge is 0.379 e. The van der Waals surface area contributed by atoms with E-state index in [9.17, 15) is 8.42 Å². The van der Waals surface area contributed by atoms with Crippen molar-refractivity contribution >= 4 is 10.2 Å². The summed E-state index contributed by atoms with van der Waals surface area (Å²) in [6.07, 6.45) is 1.80. The standard InChI is InChI=1S/C11H23N3O3S/c1-2-14(11-3-5-12-6-4-11)18(15,16)13-7-9-17-10-8-13/h11-12H,2-10H2,1H3. The molecule has 2 rings (SSSR count). The molecule has 0 radical (unpaired) electrons. The molecule has 2 fully saturated rings. The van der Waals surface area contributed by atoms with Gasteiger partial charge in [0.1, 0.15) is 0 Å². The lowest BCUT2D eigenvalue weighted by atomic mass is 10.1. The van der Waals surface area contributed by atoms with E-state index in [0.29, 0.717) is 32.8 Å². The van der Waals surface area contributed by atoms with E-state index >= 15 is 0 Å². The Morgan fingerprint density at radius 1 is 1.28 bits per heavy atom. The van der Waals surface area contributed by atoms with Gasteiger partial charge in [0, 0.05) is 25.7 Å². The molecule has 2 heterocycles. The van der Waals surface area contributed by atoms with Gasteiger partial charge in [-0.1, -0.05) is 6.92 Å². The summed E-state index contributed by atoms with van der Waals surface area (Å²) in [6.45, 7) is 6.23. The van der Waals surface area contributed by atoms with Crippen LogP contribution in [0.2, 0.25) is 0 Å². The minimum Gasteiger partial charge on any atom is -0.379 e. The molecule has 0 bridgehead atoms. The molecule has 0 aromatic heterocycles. The lowest BCUT2D eigenvalue weighted by Gasteiger charge is -2.37. The van der Waals surface area contributed by atoms with E-state index in [1.807, 2.05) is 6.92 Å². The molecule has 7 heteroatoms. The smallest absolute Gasteiger partial charge is 0.282 e. The average molecular weight is 277 g/mol. The molecule has 2 saturated heterocycles. The molecule has 6 nitrogen and oxygen atoms in total. The quantitative estimate of drug-likeness (QED) is 0.762. The van der Waals surface area contributed by atoms with Crippen LogP contribution in [0.3, 0.4) is 0 Å². The van der Waals surface area contributed by atoms with E-state index in [4.69, 9.17) is 4.74 Å². The maximum Gasteiger partial charge on any atom is 0.282 e. The molecule has 2 aliphatic heterocycles. The van der Waals surface area contributed by atoms with Crippen molar-refractivity contribution in [3.8, 4) is 0 Å². The second kappa shape index (κ2) is 6.29. The second-order valence-electron chi connectivity index (χ2n) is 4.70. The summed E-state index contributed by atoms with van der Waals surface area (Å²) >= 11 is 0. The highest BCUT2D eigenvalue weighted by Crippen LogP contribution is 2.19. The first-order valence-electron chi connectivity index (χ1n) is 6.71. The lowest BCUT2D eigenvalue weighted by molar-refractivity contribution is 0.0688. The predicted octanol–water partition coefficient (Wildman–Crippen LogP) is -0.363. The molecule has 18 heavy (non-hydrogen) atoms. The van der Waals surface area contributed by atoms with Gasteiger partial charge in [-0.05, 0) is 25.9 Å². The molecule has 0 atom stereocenters. The Morgan fingerprint density at radius 2 is 1.89 bits per heavy atom. The first-order valence-corrected chi connectivity index (χ1v) is 8.11. The van der Waals surface area contributed by atoms with E-state index in [1.54, 1.807) is 8.61 Å². The zero-order valence-electron chi connectivity index (χ0n) is 11.0. The van der Waals surface area contributed by atoms with E-state index in [2.05, 4.69) is 5.32 Å². The van der Waals surface area contributed by atoms with Crippen molar-refractivity contribution in [1.29, 1.82) is 0 Å². The number of nitrogens with one attached hydrogen (secondary N) is 1. The number of ether oxygens (including phenoxy) is 1. The third-order valence-electron chi connectivity index (χ3n) is 3.62. The highest BCUT2D eigenvalue weighted by Gasteiger charge is 2.35. The van der Waals surface area contributed by atoms with Gasteiger partial charge in [0.25, 0.3) is 10.2 Å². The Morgan fingerprint density at radius 3 is 2.44 bits per heavy atom. The van der Waals surface area contributed by atoms with E-state index in [-0.39, 0.29) is 6.04 Å². The molecule has 0 saturated carbocycles. The van der Waals surface area contributed by atoms with E-state index in [0.717, 1.165) is 25.9 Å². The van der Waals surface area contributed by atoms with Gasteiger partial charge in [0.05, 0.1) is 13.2 Å². The summed E-state index contributed by atoms with van der Waals surface area (Å²) < 4.78 is 33.6. The van der Waals surface area contributed by atoms with Crippen LogP contribution in [-0.4, -0.2) is 69.0 Å². The minimum absolute atomic E-state index is 0.143. The third kappa shape index (κ3) is 3.03. The molecule has 0 spiro atoms. The monoisotopic (exact) mass is 277 g/mol. The Balaban J connectivity index is 2.08. The van der Waals surface area contributed by atoms with Crippen molar-refractivity contribution in [3.05, 3.63) is 0 Å². The zero-order chi connectivity index (χ0) is 13.0. The van der Waals surface area contributed by atoms with E-state index < -0.39 is 10.2 Å². The Labute approximate surface area is 109 Å².